The molecule has 40 heavy (non-hydrogen) atoms. The highest BCUT2D eigenvalue weighted by Gasteiger charge is 2.30. The average molecular weight is 584 g/mol. The lowest BCUT2D eigenvalue weighted by Gasteiger charge is -2.11. The van der Waals surface area contributed by atoms with Gasteiger partial charge in [-0.25, -0.2) is 36.2 Å². The van der Waals surface area contributed by atoms with Crippen LogP contribution in [0.15, 0.2) is 65.7 Å². The van der Waals surface area contributed by atoms with Gasteiger partial charge >= 0.3 is 12.3 Å². The summed E-state index contributed by atoms with van der Waals surface area (Å²) < 4.78 is 99.7. The van der Waals surface area contributed by atoms with Gasteiger partial charge in [-0.1, -0.05) is 32.0 Å². The number of amides is 1. The minimum absolute atomic E-state index is 0.0656. The molecule has 15 heteroatoms. The summed E-state index contributed by atoms with van der Waals surface area (Å²) in [6.45, 7) is 3.88. The number of hydrogen-bond donors (Lipinski definition) is 2. The number of nitrogens with zero attached hydrogens (tertiary/aromatic N) is 3. The molecule has 2 N–H and O–H groups in total. The number of rotatable bonds is 8. The summed E-state index contributed by atoms with van der Waals surface area (Å²) in [5.41, 5.74) is -1.78. The van der Waals surface area contributed by atoms with Crippen LogP contribution in [0.2, 0.25) is 0 Å². The molecule has 4 aromatic rings. The average Bonchev–Trinajstić information content (AvgIpc) is 3.29. The van der Waals surface area contributed by atoms with E-state index >= 15 is 0 Å². The molecule has 0 fully saturated rings. The normalized spacial score (nSPS) is 12.3. The lowest BCUT2D eigenvalue weighted by atomic mass is 10.1. The Labute approximate surface area is 225 Å². The molecule has 212 valence electrons. The first-order valence-corrected chi connectivity index (χ1v) is 13.2. The van der Waals surface area contributed by atoms with E-state index < -0.39 is 40.0 Å². The SMILES string of the molecule is CC(C)CNS(=O)(=O)c1cccc(NC(=O)Oc2cnn3c(C(F)F)cc(-c4ccc(C(F)(F)F)cc4)nc23)c1. The number of carbonyl (C=O) groups is 1. The van der Waals surface area contributed by atoms with E-state index in [-0.39, 0.29) is 45.7 Å². The van der Waals surface area contributed by atoms with Gasteiger partial charge in [-0.2, -0.15) is 18.3 Å². The fourth-order valence-corrected chi connectivity index (χ4v) is 4.77. The molecule has 0 aliphatic carbocycles. The zero-order chi connectivity index (χ0) is 29.2. The summed E-state index contributed by atoms with van der Waals surface area (Å²) in [7, 11) is -3.85. The van der Waals surface area contributed by atoms with Gasteiger partial charge in [0.1, 0.15) is 5.69 Å². The van der Waals surface area contributed by atoms with Crippen molar-refractivity contribution in [1.82, 2.24) is 19.3 Å². The van der Waals surface area contributed by atoms with Gasteiger partial charge in [-0.05, 0) is 42.3 Å². The van der Waals surface area contributed by atoms with E-state index in [0.717, 1.165) is 41.0 Å². The predicted octanol–water partition coefficient (Wildman–Crippen LogP) is 5.90. The molecular weight excluding hydrogens is 561 g/mol. The zero-order valence-electron chi connectivity index (χ0n) is 20.9. The summed E-state index contributed by atoms with van der Waals surface area (Å²) in [6.07, 6.45) is -7.76. The van der Waals surface area contributed by atoms with Crippen LogP contribution in [0.1, 0.15) is 31.5 Å². The Hall–Kier alpha value is -4.11. The standard InChI is InChI=1S/C25H22F5N5O4S/c1-14(2)12-32-40(37,38)18-5-3-4-17(10-18)33-24(36)39-21-13-31-35-20(22(26)27)11-19(34-23(21)35)15-6-8-16(9-7-15)25(28,29)30/h3-11,13-14,22,32H,12H2,1-2H3,(H,33,36). The molecular formula is C25H22F5N5O4S. The lowest BCUT2D eigenvalue weighted by Crippen LogP contribution is -2.27. The van der Waals surface area contributed by atoms with Gasteiger partial charge < -0.3 is 4.74 Å². The highest BCUT2D eigenvalue weighted by atomic mass is 32.2. The Morgan fingerprint density at radius 3 is 2.40 bits per heavy atom. The molecule has 0 spiro atoms. The van der Waals surface area contributed by atoms with Gasteiger partial charge in [0.05, 0.1) is 22.3 Å². The highest BCUT2D eigenvalue weighted by molar-refractivity contribution is 7.89. The molecule has 1 amide bonds. The van der Waals surface area contributed by atoms with E-state index in [9.17, 15) is 35.2 Å². The van der Waals surface area contributed by atoms with E-state index in [4.69, 9.17) is 4.74 Å². The minimum Gasteiger partial charge on any atom is -0.404 e. The molecule has 2 aromatic heterocycles. The highest BCUT2D eigenvalue weighted by Crippen LogP contribution is 2.33. The molecule has 0 unspecified atom stereocenters. The number of carbonyl (C=O) groups excluding carboxylic acids is 1. The third-order valence-corrected chi connectivity index (χ3v) is 6.89. The molecule has 2 heterocycles. The predicted molar refractivity (Wildman–Crippen MR) is 134 cm³/mol. The van der Waals surface area contributed by atoms with Crippen LogP contribution in [0.5, 0.6) is 5.75 Å². The number of aromatic nitrogens is 3. The van der Waals surface area contributed by atoms with Crippen LogP contribution in [0, 0.1) is 5.92 Å². The van der Waals surface area contributed by atoms with Crippen molar-refractivity contribution >= 4 is 27.5 Å². The number of sulfonamides is 1. The van der Waals surface area contributed by atoms with Crippen LogP contribution in [0.25, 0.3) is 16.9 Å². The number of halogens is 5. The number of fused-ring (bicyclic) bond motifs is 1. The van der Waals surface area contributed by atoms with Crippen molar-refractivity contribution in [3.05, 3.63) is 72.1 Å². The van der Waals surface area contributed by atoms with Crippen LogP contribution >= 0.6 is 0 Å². The third-order valence-electron chi connectivity index (χ3n) is 5.47. The molecule has 0 radical (unpaired) electrons. The van der Waals surface area contributed by atoms with Crippen molar-refractivity contribution in [3.63, 3.8) is 0 Å². The number of anilines is 1. The Kier molecular flexibility index (Phi) is 8.07. The summed E-state index contributed by atoms with van der Waals surface area (Å²) in [5, 5.41) is 6.15. The van der Waals surface area contributed by atoms with Gasteiger partial charge in [-0.15, -0.1) is 0 Å². The van der Waals surface area contributed by atoms with Crippen LogP contribution in [0.3, 0.4) is 0 Å². The van der Waals surface area contributed by atoms with Gasteiger partial charge in [0.15, 0.2) is 11.4 Å². The topological polar surface area (TPSA) is 115 Å². The van der Waals surface area contributed by atoms with E-state index in [1.165, 1.54) is 24.3 Å². The molecule has 4 rings (SSSR count). The minimum atomic E-state index is -4.59. The third kappa shape index (κ3) is 6.54. The van der Waals surface area contributed by atoms with Crippen molar-refractivity contribution in [2.45, 2.75) is 31.3 Å². The van der Waals surface area contributed by atoms with Crippen molar-refractivity contribution in [2.75, 3.05) is 11.9 Å². The van der Waals surface area contributed by atoms with E-state index in [0.29, 0.717) is 0 Å². The number of alkyl halides is 5. The van der Waals surface area contributed by atoms with Crippen molar-refractivity contribution in [3.8, 4) is 17.0 Å². The van der Waals surface area contributed by atoms with E-state index in [1.807, 2.05) is 13.8 Å². The van der Waals surface area contributed by atoms with E-state index in [2.05, 4.69) is 20.1 Å². The Bertz CT molecular complexity index is 1640. The largest absolute Gasteiger partial charge is 0.417 e. The van der Waals surface area contributed by atoms with Gasteiger partial charge in [0.25, 0.3) is 6.43 Å². The molecule has 0 saturated heterocycles. The van der Waals surface area contributed by atoms with E-state index in [1.54, 1.807) is 0 Å². The first-order valence-electron chi connectivity index (χ1n) is 11.7. The lowest BCUT2D eigenvalue weighted by molar-refractivity contribution is -0.137. The maximum atomic E-state index is 13.8. The van der Waals surface area contributed by atoms with Gasteiger partial charge in [0.2, 0.25) is 10.0 Å². The molecule has 9 nitrogen and oxygen atoms in total. The Balaban J connectivity index is 1.60. The quantitative estimate of drug-likeness (QED) is 0.250. The van der Waals surface area contributed by atoms with Crippen LogP contribution in [-0.4, -0.2) is 35.7 Å². The summed E-state index contributed by atoms with van der Waals surface area (Å²) in [5.74, 6) is -0.258. The Morgan fingerprint density at radius 1 is 1.07 bits per heavy atom. The first-order chi connectivity index (χ1) is 18.7. The number of hydrogen-bond acceptors (Lipinski definition) is 6. The molecule has 0 aliphatic rings. The maximum absolute atomic E-state index is 13.8. The molecule has 0 bridgehead atoms. The van der Waals surface area contributed by atoms with Crippen LogP contribution < -0.4 is 14.8 Å². The molecule has 0 saturated carbocycles. The number of ether oxygens (including phenoxy) is 1. The maximum Gasteiger partial charge on any atom is 0.417 e. The van der Waals surface area contributed by atoms with Gasteiger partial charge in [0, 0.05) is 17.8 Å². The molecule has 0 atom stereocenters. The molecule has 0 aliphatic heterocycles. The second-order valence-electron chi connectivity index (χ2n) is 8.97. The first kappa shape index (κ1) is 28.9. The second-order valence-corrected chi connectivity index (χ2v) is 10.7. The fraction of sp³-hybridized carbons (Fsp3) is 0.240. The summed E-state index contributed by atoms with van der Waals surface area (Å²) in [6, 6.07) is 10.1. The summed E-state index contributed by atoms with van der Waals surface area (Å²) >= 11 is 0. The van der Waals surface area contributed by atoms with Crippen molar-refractivity contribution in [2.24, 2.45) is 5.92 Å². The van der Waals surface area contributed by atoms with Gasteiger partial charge in [-0.3, -0.25) is 5.32 Å². The Morgan fingerprint density at radius 2 is 1.77 bits per heavy atom. The number of benzene rings is 2. The smallest absolute Gasteiger partial charge is 0.404 e. The zero-order valence-corrected chi connectivity index (χ0v) is 21.7. The monoisotopic (exact) mass is 583 g/mol. The van der Waals surface area contributed by atoms with Crippen molar-refractivity contribution < 1.29 is 39.9 Å². The summed E-state index contributed by atoms with van der Waals surface area (Å²) in [4.78, 5) is 16.7. The van der Waals surface area contributed by atoms with Crippen LogP contribution in [-0.2, 0) is 16.2 Å². The van der Waals surface area contributed by atoms with Crippen LogP contribution in [0.4, 0.5) is 32.4 Å². The number of nitrogens with one attached hydrogen (secondary N) is 2. The second kappa shape index (κ2) is 11.2. The molecule has 2 aromatic carbocycles. The van der Waals surface area contributed by atoms with Crippen molar-refractivity contribution in [1.29, 1.82) is 0 Å². The fourth-order valence-electron chi connectivity index (χ4n) is 3.52.